The average Bonchev–Trinajstić information content (AvgIpc) is 2.52. The van der Waals surface area contributed by atoms with Gasteiger partial charge in [-0.15, -0.1) is 0 Å². The molecule has 0 N–H and O–H groups in total. The Labute approximate surface area is 135 Å². The van der Waals surface area contributed by atoms with E-state index in [1.54, 1.807) is 4.90 Å². The normalized spacial score (nSPS) is 11.5. The summed E-state index contributed by atoms with van der Waals surface area (Å²) in [4.78, 5) is 23.9. The molecule has 0 aliphatic carbocycles. The van der Waals surface area contributed by atoms with Crippen molar-refractivity contribution < 1.29 is 14.3 Å². The van der Waals surface area contributed by atoms with E-state index in [2.05, 4.69) is 13.5 Å². The molecule has 0 bridgehead atoms. The Morgan fingerprint density at radius 3 is 2.41 bits per heavy atom. The number of carbonyl (C=O) groups excluding carboxylic acids is 2. The number of allylic oxidation sites excluding steroid dienone is 1. The van der Waals surface area contributed by atoms with Crippen molar-refractivity contribution in [1.29, 1.82) is 0 Å². The molecule has 0 aromatic rings. The maximum atomic E-state index is 11.4. The summed E-state index contributed by atoms with van der Waals surface area (Å²) in [7, 11) is 0. The van der Waals surface area contributed by atoms with Crippen molar-refractivity contribution in [2.75, 3.05) is 26.2 Å². The topological polar surface area (TPSA) is 46.6 Å². The van der Waals surface area contributed by atoms with Gasteiger partial charge in [0.15, 0.2) is 5.78 Å². The highest BCUT2D eigenvalue weighted by Gasteiger charge is 2.11. The van der Waals surface area contributed by atoms with Gasteiger partial charge < -0.3 is 9.53 Å². The van der Waals surface area contributed by atoms with E-state index in [4.69, 9.17) is 4.74 Å². The molecular formula is C18H31NO3. The Morgan fingerprint density at radius 1 is 1.14 bits per heavy atom. The first kappa shape index (κ1) is 20.6. The standard InChI is InChI=1S/C18H31NO3/c1-4-7-8-9-10-11-14-22-18(6-3)16-19(12-13-20)15-17(21)5-2/h5-6,13H,2,4,7-12,14-16H2,1,3H3/b18-6+. The number of ether oxygens (including phenoxy) is 1. The van der Waals surface area contributed by atoms with Gasteiger partial charge in [0.25, 0.3) is 0 Å². The third kappa shape index (κ3) is 11.3. The molecule has 0 amide bonds. The summed E-state index contributed by atoms with van der Waals surface area (Å²) < 4.78 is 5.76. The smallest absolute Gasteiger partial charge is 0.169 e. The molecular weight excluding hydrogens is 278 g/mol. The summed E-state index contributed by atoms with van der Waals surface area (Å²) in [6, 6.07) is 0. The molecule has 0 aliphatic rings. The molecule has 4 heteroatoms. The molecule has 0 unspecified atom stereocenters. The summed E-state index contributed by atoms with van der Waals surface area (Å²) >= 11 is 0. The van der Waals surface area contributed by atoms with Crippen LogP contribution in [0.15, 0.2) is 24.5 Å². The zero-order valence-electron chi connectivity index (χ0n) is 14.2. The van der Waals surface area contributed by atoms with Crippen molar-refractivity contribution in [2.45, 2.75) is 52.4 Å². The van der Waals surface area contributed by atoms with E-state index in [1.807, 2.05) is 13.0 Å². The van der Waals surface area contributed by atoms with Crippen LogP contribution in [0.1, 0.15) is 52.4 Å². The van der Waals surface area contributed by atoms with Gasteiger partial charge in [0.1, 0.15) is 12.0 Å². The quantitative estimate of drug-likeness (QED) is 0.201. The van der Waals surface area contributed by atoms with Gasteiger partial charge in [-0.1, -0.05) is 45.6 Å². The molecule has 0 heterocycles. The van der Waals surface area contributed by atoms with E-state index in [-0.39, 0.29) is 18.9 Å². The van der Waals surface area contributed by atoms with Gasteiger partial charge in [-0.25, -0.2) is 0 Å². The van der Waals surface area contributed by atoms with Crippen molar-refractivity contribution in [3.8, 4) is 0 Å². The minimum Gasteiger partial charge on any atom is -0.497 e. The van der Waals surface area contributed by atoms with Crippen molar-refractivity contribution in [3.05, 3.63) is 24.5 Å². The predicted octanol–water partition coefficient (Wildman–Crippen LogP) is 3.52. The molecule has 0 atom stereocenters. The van der Waals surface area contributed by atoms with Gasteiger partial charge in [0.2, 0.25) is 0 Å². The SMILES string of the molecule is C=CC(=O)CN(CC=O)C/C(=C\C)OCCCCCCCC. The molecule has 4 nitrogen and oxygen atoms in total. The Balaban J connectivity index is 4.03. The van der Waals surface area contributed by atoms with Crippen LogP contribution in [0.3, 0.4) is 0 Å². The van der Waals surface area contributed by atoms with Gasteiger partial charge in [-0.3, -0.25) is 9.69 Å². The highest BCUT2D eigenvalue weighted by molar-refractivity contribution is 5.90. The summed E-state index contributed by atoms with van der Waals surface area (Å²) in [5.41, 5.74) is 0. The summed E-state index contributed by atoms with van der Waals surface area (Å²) in [6.45, 7) is 9.15. The van der Waals surface area contributed by atoms with Crippen LogP contribution in [0.2, 0.25) is 0 Å². The summed E-state index contributed by atoms with van der Waals surface area (Å²) in [5.74, 6) is 0.723. The Kier molecular flexibility index (Phi) is 13.6. The number of aldehydes is 1. The van der Waals surface area contributed by atoms with Crippen molar-refractivity contribution in [1.82, 2.24) is 4.90 Å². The third-order valence-electron chi connectivity index (χ3n) is 3.43. The first-order chi connectivity index (χ1) is 10.7. The summed E-state index contributed by atoms with van der Waals surface area (Å²) in [6.07, 6.45) is 11.3. The Hall–Kier alpha value is -1.42. The van der Waals surface area contributed by atoms with E-state index < -0.39 is 0 Å². The van der Waals surface area contributed by atoms with Gasteiger partial charge in [-0.2, -0.15) is 0 Å². The van der Waals surface area contributed by atoms with Crippen LogP contribution in [-0.2, 0) is 14.3 Å². The highest BCUT2D eigenvalue weighted by Crippen LogP contribution is 2.07. The first-order valence-electron chi connectivity index (χ1n) is 8.27. The van der Waals surface area contributed by atoms with Crippen LogP contribution >= 0.6 is 0 Å². The largest absolute Gasteiger partial charge is 0.497 e. The number of hydrogen-bond acceptors (Lipinski definition) is 4. The van der Waals surface area contributed by atoms with Gasteiger partial charge >= 0.3 is 0 Å². The molecule has 0 fully saturated rings. The van der Waals surface area contributed by atoms with Gasteiger partial charge in [0.05, 0.1) is 26.2 Å². The monoisotopic (exact) mass is 309 g/mol. The van der Waals surface area contributed by atoms with E-state index in [0.29, 0.717) is 13.2 Å². The third-order valence-corrected chi connectivity index (χ3v) is 3.43. The fourth-order valence-corrected chi connectivity index (χ4v) is 2.10. The number of carbonyl (C=O) groups is 2. The Morgan fingerprint density at radius 2 is 1.82 bits per heavy atom. The second kappa shape index (κ2) is 14.5. The molecule has 0 saturated carbocycles. The highest BCUT2D eigenvalue weighted by atomic mass is 16.5. The minimum absolute atomic E-state index is 0.0896. The van der Waals surface area contributed by atoms with Crippen LogP contribution in [0.5, 0.6) is 0 Å². The zero-order valence-corrected chi connectivity index (χ0v) is 14.2. The zero-order chi connectivity index (χ0) is 16.6. The van der Waals surface area contributed by atoms with Crippen LogP contribution in [0.25, 0.3) is 0 Å². The van der Waals surface area contributed by atoms with E-state index >= 15 is 0 Å². The average molecular weight is 309 g/mol. The fourth-order valence-electron chi connectivity index (χ4n) is 2.10. The molecule has 22 heavy (non-hydrogen) atoms. The lowest BCUT2D eigenvalue weighted by atomic mass is 10.1. The second-order valence-electron chi connectivity index (χ2n) is 5.38. The van der Waals surface area contributed by atoms with Crippen molar-refractivity contribution in [2.24, 2.45) is 0 Å². The van der Waals surface area contributed by atoms with Crippen LogP contribution < -0.4 is 0 Å². The van der Waals surface area contributed by atoms with E-state index in [9.17, 15) is 9.59 Å². The molecule has 0 aromatic heterocycles. The van der Waals surface area contributed by atoms with Gasteiger partial charge in [-0.05, 0) is 25.5 Å². The number of hydrogen-bond donors (Lipinski definition) is 0. The number of nitrogens with zero attached hydrogens (tertiary/aromatic N) is 1. The summed E-state index contributed by atoms with van der Waals surface area (Å²) in [5, 5.41) is 0. The second-order valence-corrected chi connectivity index (χ2v) is 5.38. The van der Waals surface area contributed by atoms with E-state index in [0.717, 1.165) is 18.5 Å². The molecule has 0 radical (unpaired) electrons. The number of rotatable bonds is 15. The van der Waals surface area contributed by atoms with Crippen molar-refractivity contribution >= 4 is 12.1 Å². The fraction of sp³-hybridized carbons (Fsp3) is 0.667. The molecule has 0 saturated heterocycles. The molecule has 0 aromatic carbocycles. The van der Waals surface area contributed by atoms with Crippen LogP contribution in [-0.4, -0.2) is 43.2 Å². The Bertz CT molecular complexity index is 350. The lowest BCUT2D eigenvalue weighted by Gasteiger charge is -2.20. The van der Waals surface area contributed by atoms with Crippen LogP contribution in [0.4, 0.5) is 0 Å². The van der Waals surface area contributed by atoms with E-state index in [1.165, 1.54) is 38.2 Å². The maximum absolute atomic E-state index is 11.4. The number of ketones is 1. The lowest BCUT2D eigenvalue weighted by molar-refractivity contribution is -0.116. The first-order valence-corrected chi connectivity index (χ1v) is 8.27. The molecule has 0 aliphatic heterocycles. The molecule has 0 spiro atoms. The minimum atomic E-state index is -0.0896. The predicted molar refractivity (Wildman–Crippen MR) is 90.8 cm³/mol. The maximum Gasteiger partial charge on any atom is 0.169 e. The molecule has 126 valence electrons. The van der Waals surface area contributed by atoms with Crippen molar-refractivity contribution in [3.63, 3.8) is 0 Å². The lowest BCUT2D eigenvalue weighted by Crippen LogP contribution is -2.33. The number of unbranched alkanes of at least 4 members (excludes halogenated alkanes) is 5. The van der Waals surface area contributed by atoms with Crippen LogP contribution in [0, 0.1) is 0 Å². The van der Waals surface area contributed by atoms with Gasteiger partial charge in [0, 0.05) is 0 Å². The molecule has 0 rings (SSSR count).